The van der Waals surface area contributed by atoms with E-state index in [0.717, 1.165) is 80.3 Å². The van der Waals surface area contributed by atoms with Gasteiger partial charge >= 0.3 is 0 Å². The minimum atomic E-state index is 0.299. The van der Waals surface area contributed by atoms with Gasteiger partial charge in [-0.05, 0) is 49.2 Å². The van der Waals surface area contributed by atoms with Gasteiger partial charge in [0.1, 0.15) is 17.3 Å². The molecule has 0 bridgehead atoms. The van der Waals surface area contributed by atoms with Gasteiger partial charge in [-0.1, -0.05) is 81.3 Å². The maximum atomic E-state index is 9.77. The lowest BCUT2D eigenvalue weighted by Crippen LogP contribution is -2.26. The molecule has 0 atom stereocenters. The molecule has 37 heavy (non-hydrogen) atoms. The number of methoxy groups -OCH3 is 1. The van der Waals surface area contributed by atoms with Crippen LogP contribution in [0.5, 0.6) is 11.5 Å². The number of rotatable bonds is 13. The van der Waals surface area contributed by atoms with Crippen LogP contribution in [0.1, 0.15) is 50.8 Å². The van der Waals surface area contributed by atoms with Gasteiger partial charge in [-0.3, -0.25) is 4.90 Å². The summed E-state index contributed by atoms with van der Waals surface area (Å²) < 4.78 is 8.21. The molecule has 1 aromatic heterocycles. The highest BCUT2D eigenvalue weighted by atomic mass is 16.5. The summed E-state index contributed by atoms with van der Waals surface area (Å²) in [4.78, 5) is 7.79. The SMILES string of the molecule is CCCCN(Cc1ccc(O)cc1)Cc1c(-c2ccccc2OC)nc(-c2ccccc2)n1CCCC. The highest BCUT2D eigenvalue weighted by Gasteiger charge is 2.23. The highest BCUT2D eigenvalue weighted by Crippen LogP contribution is 2.36. The van der Waals surface area contributed by atoms with Gasteiger partial charge in [-0.15, -0.1) is 0 Å². The topological polar surface area (TPSA) is 50.5 Å². The molecule has 0 amide bonds. The number of phenols is 1. The van der Waals surface area contributed by atoms with Crippen molar-refractivity contribution >= 4 is 0 Å². The molecule has 1 N–H and O–H groups in total. The summed E-state index contributed by atoms with van der Waals surface area (Å²) in [5, 5.41) is 9.77. The fraction of sp³-hybridized carbons (Fsp3) is 0.344. The summed E-state index contributed by atoms with van der Waals surface area (Å²) in [7, 11) is 1.73. The van der Waals surface area contributed by atoms with E-state index in [1.54, 1.807) is 19.2 Å². The average Bonchev–Trinajstić information content (AvgIpc) is 3.29. The summed E-state index contributed by atoms with van der Waals surface area (Å²) in [6, 6.07) is 26.2. The Bertz CT molecular complexity index is 1250. The summed E-state index contributed by atoms with van der Waals surface area (Å²) in [5.41, 5.74) is 5.54. The number of nitrogens with zero attached hydrogens (tertiary/aromatic N) is 3. The monoisotopic (exact) mass is 497 g/mol. The molecule has 4 rings (SSSR count). The van der Waals surface area contributed by atoms with Gasteiger partial charge in [0.15, 0.2) is 0 Å². The van der Waals surface area contributed by atoms with E-state index in [1.165, 1.54) is 11.3 Å². The van der Waals surface area contributed by atoms with E-state index >= 15 is 0 Å². The smallest absolute Gasteiger partial charge is 0.140 e. The standard InChI is InChI=1S/C32H39N3O2/c1-4-6-21-34(23-25-17-19-27(36)20-18-25)24-29-31(28-15-11-12-16-30(28)37-3)33-32(35(29)22-7-5-2)26-13-9-8-10-14-26/h8-20,36H,4-7,21-24H2,1-3H3. The molecule has 0 fully saturated rings. The Morgan fingerprint density at radius 2 is 1.54 bits per heavy atom. The van der Waals surface area contributed by atoms with Gasteiger partial charge in [-0.25, -0.2) is 4.98 Å². The lowest BCUT2D eigenvalue weighted by Gasteiger charge is -2.24. The molecule has 5 nitrogen and oxygen atoms in total. The highest BCUT2D eigenvalue weighted by molar-refractivity contribution is 5.73. The van der Waals surface area contributed by atoms with Crippen LogP contribution in [0.2, 0.25) is 0 Å². The number of aromatic nitrogens is 2. The fourth-order valence-corrected chi connectivity index (χ4v) is 4.73. The normalized spacial score (nSPS) is 11.2. The Balaban J connectivity index is 1.84. The second kappa shape index (κ2) is 13.1. The Labute approximate surface area is 221 Å². The van der Waals surface area contributed by atoms with Gasteiger partial charge in [0, 0.05) is 30.8 Å². The van der Waals surface area contributed by atoms with Crippen LogP contribution in [-0.2, 0) is 19.6 Å². The molecule has 0 saturated heterocycles. The number of hydrogen-bond acceptors (Lipinski definition) is 4. The van der Waals surface area contributed by atoms with Crippen LogP contribution >= 0.6 is 0 Å². The number of phenolic OH excluding ortho intramolecular Hbond substituents is 1. The molecule has 0 unspecified atom stereocenters. The van der Waals surface area contributed by atoms with Crippen molar-refractivity contribution in [3.8, 4) is 34.1 Å². The Hall–Kier alpha value is -3.57. The number of imidazole rings is 1. The number of unbranched alkanes of at least 4 members (excludes halogenated alkanes) is 2. The zero-order valence-electron chi connectivity index (χ0n) is 22.4. The molecule has 0 aliphatic carbocycles. The van der Waals surface area contributed by atoms with Crippen LogP contribution in [0.3, 0.4) is 0 Å². The zero-order valence-corrected chi connectivity index (χ0v) is 22.4. The van der Waals surface area contributed by atoms with Gasteiger partial charge < -0.3 is 14.4 Å². The van der Waals surface area contributed by atoms with Gasteiger partial charge in [0.05, 0.1) is 18.5 Å². The van der Waals surface area contributed by atoms with E-state index in [2.05, 4.69) is 65.8 Å². The Morgan fingerprint density at radius 3 is 2.24 bits per heavy atom. The van der Waals surface area contributed by atoms with Crippen LogP contribution in [0.4, 0.5) is 0 Å². The van der Waals surface area contributed by atoms with Crippen molar-refractivity contribution < 1.29 is 9.84 Å². The first-order chi connectivity index (χ1) is 18.1. The first-order valence-electron chi connectivity index (χ1n) is 13.4. The lowest BCUT2D eigenvalue weighted by atomic mass is 10.1. The molecule has 0 spiro atoms. The molecule has 3 aromatic carbocycles. The van der Waals surface area contributed by atoms with E-state index in [9.17, 15) is 5.11 Å². The molecule has 5 heteroatoms. The maximum Gasteiger partial charge on any atom is 0.140 e. The van der Waals surface area contributed by atoms with Gasteiger partial charge in [-0.2, -0.15) is 0 Å². The predicted molar refractivity (Wildman–Crippen MR) is 152 cm³/mol. The second-order valence-corrected chi connectivity index (χ2v) is 9.53. The van der Waals surface area contributed by atoms with Crippen molar-refractivity contribution in [3.63, 3.8) is 0 Å². The molecule has 0 saturated carbocycles. The first kappa shape index (κ1) is 26.5. The van der Waals surface area contributed by atoms with Gasteiger partial charge in [0.2, 0.25) is 0 Å². The van der Waals surface area contributed by atoms with E-state index in [0.29, 0.717) is 5.75 Å². The van der Waals surface area contributed by atoms with E-state index in [1.807, 2.05) is 24.3 Å². The quantitative estimate of drug-likeness (QED) is 0.207. The van der Waals surface area contributed by atoms with Crippen molar-refractivity contribution in [1.82, 2.24) is 14.5 Å². The number of benzene rings is 3. The minimum Gasteiger partial charge on any atom is -0.508 e. The molecule has 0 radical (unpaired) electrons. The van der Waals surface area contributed by atoms with E-state index in [4.69, 9.17) is 9.72 Å². The van der Waals surface area contributed by atoms with E-state index < -0.39 is 0 Å². The van der Waals surface area contributed by atoms with Crippen molar-refractivity contribution in [2.24, 2.45) is 0 Å². The van der Waals surface area contributed by atoms with Crippen LogP contribution in [0, 0.1) is 0 Å². The van der Waals surface area contributed by atoms with Crippen molar-refractivity contribution in [2.45, 2.75) is 59.2 Å². The lowest BCUT2D eigenvalue weighted by molar-refractivity contribution is 0.246. The maximum absolute atomic E-state index is 9.77. The predicted octanol–water partition coefficient (Wildman–Crippen LogP) is 7.53. The summed E-state index contributed by atoms with van der Waals surface area (Å²) >= 11 is 0. The molecule has 4 aromatic rings. The summed E-state index contributed by atoms with van der Waals surface area (Å²) in [6.45, 7) is 7.96. The third-order valence-corrected chi connectivity index (χ3v) is 6.75. The van der Waals surface area contributed by atoms with Crippen LogP contribution in [0.15, 0.2) is 78.9 Å². The number of ether oxygens (including phenoxy) is 1. The van der Waals surface area contributed by atoms with Crippen LogP contribution in [-0.4, -0.2) is 33.2 Å². The zero-order chi connectivity index (χ0) is 26.0. The van der Waals surface area contributed by atoms with Crippen LogP contribution < -0.4 is 4.74 Å². The van der Waals surface area contributed by atoms with Gasteiger partial charge in [0.25, 0.3) is 0 Å². The van der Waals surface area contributed by atoms with Crippen molar-refractivity contribution in [1.29, 1.82) is 0 Å². The molecule has 1 heterocycles. The van der Waals surface area contributed by atoms with E-state index in [-0.39, 0.29) is 0 Å². The first-order valence-corrected chi connectivity index (χ1v) is 13.4. The Morgan fingerprint density at radius 1 is 0.838 bits per heavy atom. The molecular formula is C32H39N3O2. The van der Waals surface area contributed by atoms with Crippen molar-refractivity contribution in [2.75, 3.05) is 13.7 Å². The molecule has 0 aliphatic rings. The Kier molecular flexibility index (Phi) is 9.39. The molecule has 194 valence electrons. The molecule has 0 aliphatic heterocycles. The third kappa shape index (κ3) is 6.60. The number of hydrogen-bond donors (Lipinski definition) is 1. The average molecular weight is 498 g/mol. The number of aromatic hydroxyl groups is 1. The molecular weight excluding hydrogens is 458 g/mol. The fourth-order valence-electron chi connectivity index (χ4n) is 4.73. The second-order valence-electron chi connectivity index (χ2n) is 9.53. The number of para-hydroxylation sites is 1. The summed E-state index contributed by atoms with van der Waals surface area (Å²) in [5.74, 6) is 2.14. The minimum absolute atomic E-state index is 0.299. The summed E-state index contributed by atoms with van der Waals surface area (Å²) in [6.07, 6.45) is 4.46. The van der Waals surface area contributed by atoms with Crippen molar-refractivity contribution in [3.05, 3.63) is 90.1 Å². The third-order valence-electron chi connectivity index (χ3n) is 6.75. The van der Waals surface area contributed by atoms with Crippen LogP contribution in [0.25, 0.3) is 22.6 Å². The largest absolute Gasteiger partial charge is 0.508 e.